The zero-order valence-corrected chi connectivity index (χ0v) is 16.5. The molecule has 5 rings (SSSR count). The maximum atomic E-state index is 5.61. The summed E-state index contributed by atoms with van der Waals surface area (Å²) < 4.78 is 24.4. The topological polar surface area (TPSA) is 52.8 Å². The van der Waals surface area contributed by atoms with Crippen LogP contribution < -0.4 is 41.2 Å². The number of nitrogens with zero attached hydrogens (tertiary/aromatic N) is 1. The third-order valence-corrected chi connectivity index (χ3v) is 5.17. The van der Waals surface area contributed by atoms with Crippen LogP contribution in [0.15, 0.2) is 36.5 Å². The van der Waals surface area contributed by atoms with Crippen molar-refractivity contribution in [3.05, 3.63) is 36.5 Å². The number of hydrogen-bond acceptors (Lipinski definition) is 5. The highest BCUT2D eigenvalue weighted by atomic mass is 35.5. The Labute approximate surface area is 169 Å². The first-order chi connectivity index (χ1) is 13.3. The molecular weight excluding hydrogens is 380 g/mol. The largest absolute Gasteiger partial charge is 1.00 e. The van der Waals surface area contributed by atoms with Crippen LogP contribution in [0.2, 0.25) is 0 Å². The lowest BCUT2D eigenvalue weighted by Crippen LogP contribution is -3.00. The first kappa shape index (κ1) is 18.5. The van der Waals surface area contributed by atoms with Crippen molar-refractivity contribution in [2.75, 3.05) is 32.9 Å². The van der Waals surface area contributed by atoms with Gasteiger partial charge in [-0.05, 0) is 17.5 Å². The van der Waals surface area contributed by atoms with Crippen LogP contribution >= 0.6 is 0 Å². The van der Waals surface area contributed by atoms with Crippen molar-refractivity contribution < 1.29 is 35.9 Å². The van der Waals surface area contributed by atoms with E-state index in [0.717, 1.165) is 70.2 Å². The van der Waals surface area contributed by atoms with Gasteiger partial charge in [-0.1, -0.05) is 0 Å². The molecular formula is C21H21ClN2O4. The monoisotopic (exact) mass is 400 g/mol. The Hall–Kier alpha value is -2.86. The summed E-state index contributed by atoms with van der Waals surface area (Å²) in [6.45, 7) is 2.11. The van der Waals surface area contributed by atoms with Crippen LogP contribution in [-0.2, 0) is 6.54 Å². The van der Waals surface area contributed by atoms with E-state index < -0.39 is 0 Å². The van der Waals surface area contributed by atoms with Crippen LogP contribution in [0.25, 0.3) is 22.0 Å². The number of methoxy groups -OCH3 is 2. The highest BCUT2D eigenvalue weighted by Crippen LogP contribution is 2.42. The summed E-state index contributed by atoms with van der Waals surface area (Å²) in [6.07, 6.45) is 3.22. The van der Waals surface area contributed by atoms with Gasteiger partial charge in [-0.3, -0.25) is 0 Å². The predicted molar refractivity (Wildman–Crippen MR) is 102 cm³/mol. The second-order valence-electron chi connectivity index (χ2n) is 6.72. The van der Waals surface area contributed by atoms with E-state index in [1.54, 1.807) is 14.2 Å². The van der Waals surface area contributed by atoms with E-state index in [-0.39, 0.29) is 19.2 Å². The molecule has 7 heteroatoms. The van der Waals surface area contributed by atoms with Crippen LogP contribution in [0, 0.1) is 0 Å². The van der Waals surface area contributed by atoms with Gasteiger partial charge in [0.1, 0.15) is 0 Å². The van der Waals surface area contributed by atoms with Crippen molar-refractivity contribution in [1.82, 2.24) is 0 Å². The van der Waals surface area contributed by atoms with Gasteiger partial charge in [0.05, 0.1) is 25.5 Å². The summed E-state index contributed by atoms with van der Waals surface area (Å²) in [5.74, 6) is 3.04. The van der Waals surface area contributed by atoms with Crippen molar-refractivity contribution in [3.8, 4) is 34.3 Å². The van der Waals surface area contributed by atoms with Crippen molar-refractivity contribution in [2.45, 2.75) is 13.0 Å². The number of anilines is 1. The number of hydrogen-bond donors (Lipinski definition) is 1. The fourth-order valence-electron chi connectivity index (χ4n) is 3.80. The molecule has 3 aromatic rings. The van der Waals surface area contributed by atoms with E-state index in [2.05, 4.69) is 28.2 Å². The number of benzene rings is 2. The third-order valence-electron chi connectivity index (χ3n) is 5.17. The molecule has 0 fully saturated rings. The van der Waals surface area contributed by atoms with E-state index >= 15 is 0 Å². The molecule has 0 unspecified atom stereocenters. The summed E-state index contributed by atoms with van der Waals surface area (Å²) in [5.41, 5.74) is 3.30. The quantitative estimate of drug-likeness (QED) is 0.630. The van der Waals surface area contributed by atoms with Crippen molar-refractivity contribution in [1.29, 1.82) is 0 Å². The molecule has 0 saturated heterocycles. The zero-order chi connectivity index (χ0) is 18.4. The van der Waals surface area contributed by atoms with Crippen molar-refractivity contribution in [3.63, 3.8) is 0 Å². The average molecular weight is 401 g/mol. The van der Waals surface area contributed by atoms with E-state index in [4.69, 9.17) is 18.9 Å². The lowest BCUT2D eigenvalue weighted by molar-refractivity contribution is -0.685. The fourth-order valence-corrected chi connectivity index (χ4v) is 3.80. The van der Waals surface area contributed by atoms with E-state index in [1.807, 2.05) is 18.2 Å². The highest BCUT2D eigenvalue weighted by molar-refractivity contribution is 5.89. The third kappa shape index (κ3) is 2.94. The summed E-state index contributed by atoms with van der Waals surface area (Å²) >= 11 is 0. The molecule has 146 valence electrons. The summed E-state index contributed by atoms with van der Waals surface area (Å²) in [7, 11) is 3.32. The number of rotatable bonds is 2. The summed E-state index contributed by atoms with van der Waals surface area (Å²) in [4.78, 5) is 0. The Morgan fingerprint density at radius 2 is 1.64 bits per heavy atom. The number of nitrogens with one attached hydrogen (secondary N) is 1. The van der Waals surface area contributed by atoms with Gasteiger partial charge in [-0.25, -0.2) is 0 Å². The Kier molecular flexibility index (Phi) is 4.81. The average Bonchev–Trinajstić information content (AvgIpc) is 3.14. The molecule has 28 heavy (non-hydrogen) atoms. The molecule has 0 saturated carbocycles. The molecule has 0 bridgehead atoms. The molecule has 1 aromatic heterocycles. The van der Waals surface area contributed by atoms with E-state index in [1.165, 1.54) is 0 Å². The maximum absolute atomic E-state index is 5.61. The van der Waals surface area contributed by atoms with Crippen LogP contribution in [-0.4, -0.2) is 27.6 Å². The Morgan fingerprint density at radius 3 is 2.39 bits per heavy atom. The minimum absolute atomic E-state index is 0. The van der Waals surface area contributed by atoms with Gasteiger partial charge in [0, 0.05) is 36.6 Å². The SMILES string of the molecule is COc1cc2cc3[n+](cc2cc1OC)CCCNc1cc2c(cc1-3)OCO2.[Cl-]. The number of ether oxygens (including phenoxy) is 4. The Balaban J connectivity index is 0.00000192. The standard InChI is InChI=1S/C21H20N2O4.ClH/c1-24-18-7-13-6-17-15-9-20-21(27-12-26-20)10-16(15)22-4-3-5-23(17)11-14(13)8-19(18)25-2;/h6-11H,3-5,12H2,1-2H3;1H. The lowest BCUT2D eigenvalue weighted by Gasteiger charge is -2.17. The number of pyridine rings is 1. The van der Waals surface area contributed by atoms with Crippen molar-refractivity contribution >= 4 is 16.5 Å². The molecule has 2 aliphatic heterocycles. The first-order valence-electron chi connectivity index (χ1n) is 9.04. The van der Waals surface area contributed by atoms with Crippen LogP contribution in [0.1, 0.15) is 6.42 Å². The van der Waals surface area contributed by atoms with Gasteiger partial charge in [0.2, 0.25) is 12.5 Å². The van der Waals surface area contributed by atoms with E-state index in [0.29, 0.717) is 0 Å². The van der Waals surface area contributed by atoms with Crippen LogP contribution in [0.3, 0.4) is 0 Å². The number of fused-ring (bicyclic) bond motifs is 5. The molecule has 0 aliphatic carbocycles. The second-order valence-corrected chi connectivity index (χ2v) is 6.72. The molecule has 2 aliphatic rings. The minimum atomic E-state index is 0. The minimum Gasteiger partial charge on any atom is -1.00 e. The maximum Gasteiger partial charge on any atom is 0.231 e. The summed E-state index contributed by atoms with van der Waals surface area (Å²) in [6, 6.07) is 10.3. The van der Waals surface area contributed by atoms with Gasteiger partial charge in [0.25, 0.3) is 0 Å². The predicted octanol–water partition coefficient (Wildman–Crippen LogP) is 0.360. The van der Waals surface area contributed by atoms with Gasteiger partial charge < -0.3 is 36.7 Å². The number of halogens is 1. The van der Waals surface area contributed by atoms with Gasteiger partial charge in [0.15, 0.2) is 35.7 Å². The zero-order valence-electron chi connectivity index (χ0n) is 15.8. The number of aryl methyl sites for hydroxylation is 1. The Morgan fingerprint density at radius 1 is 0.929 bits per heavy atom. The highest BCUT2D eigenvalue weighted by Gasteiger charge is 2.25. The number of aromatic nitrogens is 1. The molecule has 0 amide bonds. The van der Waals surface area contributed by atoms with Gasteiger partial charge in [-0.2, -0.15) is 4.57 Å². The smallest absolute Gasteiger partial charge is 0.231 e. The lowest BCUT2D eigenvalue weighted by atomic mass is 10.0. The Bertz CT molecular complexity index is 1050. The fraction of sp³-hybridized carbons (Fsp3) is 0.286. The molecule has 0 atom stereocenters. The van der Waals surface area contributed by atoms with Crippen molar-refractivity contribution in [2.24, 2.45) is 0 Å². The van der Waals surface area contributed by atoms with Gasteiger partial charge >= 0.3 is 0 Å². The second kappa shape index (κ2) is 7.28. The molecule has 0 spiro atoms. The van der Waals surface area contributed by atoms with E-state index in [9.17, 15) is 0 Å². The van der Waals surface area contributed by atoms with Crippen LogP contribution in [0.5, 0.6) is 23.0 Å². The molecule has 2 aromatic carbocycles. The van der Waals surface area contributed by atoms with Crippen LogP contribution in [0.4, 0.5) is 5.69 Å². The summed E-state index contributed by atoms with van der Waals surface area (Å²) in [5, 5.41) is 5.75. The molecule has 6 nitrogen and oxygen atoms in total. The normalized spacial score (nSPS) is 14.1. The molecule has 1 N–H and O–H groups in total. The molecule has 0 radical (unpaired) electrons. The van der Waals surface area contributed by atoms with Gasteiger partial charge in [-0.15, -0.1) is 0 Å². The first-order valence-corrected chi connectivity index (χ1v) is 9.04. The molecule has 3 heterocycles.